The van der Waals surface area contributed by atoms with Gasteiger partial charge in [-0.15, -0.1) is 11.3 Å². The minimum absolute atomic E-state index is 0.00795. The topological polar surface area (TPSA) is 71.0 Å². The molecule has 1 amide bonds. The van der Waals surface area contributed by atoms with Crippen molar-refractivity contribution < 1.29 is 4.79 Å². The first-order valence-corrected chi connectivity index (χ1v) is 9.70. The maximum Gasteiger partial charge on any atom is 0.247 e. The molecule has 1 aliphatic rings. The van der Waals surface area contributed by atoms with Gasteiger partial charge >= 0.3 is 0 Å². The highest BCUT2D eigenvalue weighted by Crippen LogP contribution is 2.34. The first-order valence-electron chi connectivity index (χ1n) is 8.82. The predicted octanol–water partition coefficient (Wildman–Crippen LogP) is 4.05. The summed E-state index contributed by atoms with van der Waals surface area (Å²) in [4.78, 5) is 27.6. The highest BCUT2D eigenvalue weighted by atomic mass is 32.1. The van der Waals surface area contributed by atoms with E-state index in [1.54, 1.807) is 30.7 Å². The van der Waals surface area contributed by atoms with Crippen molar-refractivity contribution >= 4 is 34.3 Å². The summed E-state index contributed by atoms with van der Waals surface area (Å²) in [6.45, 7) is 0.751. The third kappa shape index (κ3) is 4.20. The van der Waals surface area contributed by atoms with E-state index in [1.807, 2.05) is 40.6 Å². The molecule has 1 aliphatic heterocycles. The van der Waals surface area contributed by atoms with Gasteiger partial charge in [0.1, 0.15) is 5.82 Å². The zero-order valence-corrected chi connectivity index (χ0v) is 15.5. The molecular weight excluding hydrogens is 358 g/mol. The van der Waals surface area contributed by atoms with Crippen molar-refractivity contribution in [2.45, 2.75) is 18.9 Å². The summed E-state index contributed by atoms with van der Waals surface area (Å²) >= 11 is 1.53. The number of amides is 1. The first-order chi connectivity index (χ1) is 13.3. The van der Waals surface area contributed by atoms with Crippen molar-refractivity contribution in [3.05, 3.63) is 71.6 Å². The van der Waals surface area contributed by atoms with Gasteiger partial charge in [-0.3, -0.25) is 9.78 Å². The molecule has 1 atom stereocenters. The van der Waals surface area contributed by atoms with Gasteiger partial charge in [0.05, 0.1) is 11.7 Å². The Morgan fingerprint density at radius 2 is 2.22 bits per heavy atom. The van der Waals surface area contributed by atoms with Crippen molar-refractivity contribution in [2.75, 3.05) is 11.9 Å². The van der Waals surface area contributed by atoms with E-state index in [0.717, 1.165) is 41.6 Å². The SMILES string of the molecule is O=C(/C=C/c1cccnc1)N1CCCC1c1csc(Nc2ccccn2)n1. The maximum absolute atomic E-state index is 12.7. The fraction of sp³-hybridized carbons (Fsp3) is 0.200. The second-order valence-electron chi connectivity index (χ2n) is 6.23. The number of nitrogens with zero attached hydrogens (tertiary/aromatic N) is 4. The second kappa shape index (κ2) is 8.09. The Balaban J connectivity index is 1.45. The molecule has 0 bridgehead atoms. The summed E-state index contributed by atoms with van der Waals surface area (Å²) in [5.74, 6) is 0.769. The van der Waals surface area contributed by atoms with Crippen LogP contribution in [0.15, 0.2) is 60.4 Å². The quantitative estimate of drug-likeness (QED) is 0.679. The lowest BCUT2D eigenvalue weighted by Crippen LogP contribution is -2.29. The molecule has 0 spiro atoms. The molecule has 4 heterocycles. The van der Waals surface area contributed by atoms with Gasteiger partial charge in [0.25, 0.3) is 0 Å². The number of carbonyl (C=O) groups is 1. The van der Waals surface area contributed by atoms with E-state index < -0.39 is 0 Å². The first kappa shape index (κ1) is 17.4. The summed E-state index contributed by atoms with van der Waals surface area (Å²) in [6, 6.07) is 9.50. The van der Waals surface area contributed by atoms with Gasteiger partial charge in [0, 0.05) is 36.6 Å². The molecule has 0 aromatic carbocycles. The van der Waals surface area contributed by atoms with Crippen LogP contribution >= 0.6 is 11.3 Å². The van der Waals surface area contributed by atoms with Crippen molar-refractivity contribution in [1.82, 2.24) is 19.9 Å². The zero-order valence-electron chi connectivity index (χ0n) is 14.7. The van der Waals surface area contributed by atoms with Crippen LogP contribution in [0.1, 0.15) is 30.1 Å². The number of thiazole rings is 1. The smallest absolute Gasteiger partial charge is 0.247 e. The summed E-state index contributed by atoms with van der Waals surface area (Å²) in [5, 5.41) is 6.02. The molecule has 0 radical (unpaired) electrons. The van der Waals surface area contributed by atoms with Crippen LogP contribution in [-0.4, -0.2) is 32.3 Å². The van der Waals surface area contributed by atoms with Crippen LogP contribution < -0.4 is 5.32 Å². The van der Waals surface area contributed by atoms with E-state index >= 15 is 0 Å². The van der Waals surface area contributed by atoms with E-state index in [4.69, 9.17) is 0 Å². The second-order valence-corrected chi connectivity index (χ2v) is 7.08. The van der Waals surface area contributed by atoms with Crippen LogP contribution in [0.3, 0.4) is 0 Å². The average Bonchev–Trinajstić information content (AvgIpc) is 3.37. The summed E-state index contributed by atoms with van der Waals surface area (Å²) in [6.07, 6.45) is 10.5. The Kier molecular flexibility index (Phi) is 5.20. The van der Waals surface area contributed by atoms with Gasteiger partial charge in [-0.1, -0.05) is 12.1 Å². The Morgan fingerprint density at radius 1 is 1.26 bits per heavy atom. The monoisotopic (exact) mass is 377 g/mol. The molecule has 1 saturated heterocycles. The number of hydrogen-bond donors (Lipinski definition) is 1. The van der Waals surface area contributed by atoms with Crippen molar-refractivity contribution in [2.24, 2.45) is 0 Å². The largest absolute Gasteiger partial charge is 0.331 e. The maximum atomic E-state index is 12.7. The summed E-state index contributed by atoms with van der Waals surface area (Å²) in [7, 11) is 0. The van der Waals surface area contributed by atoms with Crippen LogP contribution in [0.4, 0.5) is 10.9 Å². The molecule has 0 aliphatic carbocycles. The molecule has 3 aromatic rings. The number of hydrogen-bond acceptors (Lipinski definition) is 6. The number of aromatic nitrogens is 3. The lowest BCUT2D eigenvalue weighted by atomic mass is 10.1. The number of carbonyl (C=O) groups excluding carboxylic acids is 1. The fourth-order valence-electron chi connectivity index (χ4n) is 3.12. The molecule has 0 saturated carbocycles. The zero-order chi connectivity index (χ0) is 18.5. The third-order valence-electron chi connectivity index (χ3n) is 4.40. The lowest BCUT2D eigenvalue weighted by molar-refractivity contribution is -0.126. The summed E-state index contributed by atoms with van der Waals surface area (Å²) in [5.41, 5.74) is 1.84. The number of nitrogens with one attached hydrogen (secondary N) is 1. The molecular formula is C20H19N5OS. The molecule has 27 heavy (non-hydrogen) atoms. The highest BCUT2D eigenvalue weighted by molar-refractivity contribution is 7.13. The number of rotatable bonds is 5. The van der Waals surface area contributed by atoms with E-state index in [2.05, 4.69) is 20.3 Å². The van der Waals surface area contributed by atoms with Gasteiger partial charge in [-0.2, -0.15) is 0 Å². The van der Waals surface area contributed by atoms with E-state index in [9.17, 15) is 4.79 Å². The molecule has 136 valence electrons. The molecule has 7 heteroatoms. The number of likely N-dealkylation sites (tertiary alicyclic amines) is 1. The Bertz CT molecular complexity index is 926. The fourth-order valence-corrected chi connectivity index (χ4v) is 3.88. The number of pyridine rings is 2. The Hall–Kier alpha value is -3.06. The molecule has 1 N–H and O–H groups in total. The predicted molar refractivity (Wildman–Crippen MR) is 107 cm³/mol. The van der Waals surface area contributed by atoms with Crippen molar-refractivity contribution in [1.29, 1.82) is 0 Å². The van der Waals surface area contributed by atoms with Crippen LogP contribution in [0, 0.1) is 0 Å². The Labute approximate surface area is 161 Å². The van der Waals surface area contributed by atoms with Gasteiger partial charge < -0.3 is 10.2 Å². The minimum Gasteiger partial charge on any atom is -0.331 e. The molecule has 3 aromatic heterocycles. The van der Waals surface area contributed by atoms with Crippen LogP contribution in [0.25, 0.3) is 6.08 Å². The lowest BCUT2D eigenvalue weighted by Gasteiger charge is -2.21. The molecule has 6 nitrogen and oxygen atoms in total. The molecule has 4 rings (SSSR count). The van der Waals surface area contributed by atoms with Gasteiger partial charge in [-0.25, -0.2) is 9.97 Å². The van der Waals surface area contributed by atoms with Crippen molar-refractivity contribution in [3.8, 4) is 0 Å². The number of anilines is 2. The van der Waals surface area contributed by atoms with E-state index in [-0.39, 0.29) is 11.9 Å². The van der Waals surface area contributed by atoms with E-state index in [0.29, 0.717) is 0 Å². The molecule has 1 unspecified atom stereocenters. The van der Waals surface area contributed by atoms with Gasteiger partial charge in [0.2, 0.25) is 5.91 Å². The van der Waals surface area contributed by atoms with Gasteiger partial charge in [-0.05, 0) is 42.7 Å². The molecule has 1 fully saturated rings. The van der Waals surface area contributed by atoms with E-state index in [1.165, 1.54) is 11.3 Å². The standard InChI is InChI=1S/C20H19N5OS/c26-19(9-8-15-5-3-10-21-13-15)25-12-4-6-17(25)16-14-27-20(23-16)24-18-7-1-2-11-22-18/h1-3,5,7-11,13-14,17H,4,6,12H2,(H,22,23,24)/b9-8+. The van der Waals surface area contributed by atoms with Crippen LogP contribution in [0.2, 0.25) is 0 Å². The minimum atomic E-state index is 0.00795. The van der Waals surface area contributed by atoms with Gasteiger partial charge in [0.15, 0.2) is 5.13 Å². The highest BCUT2D eigenvalue weighted by Gasteiger charge is 2.30. The van der Waals surface area contributed by atoms with Crippen LogP contribution in [0.5, 0.6) is 0 Å². The average molecular weight is 377 g/mol. The van der Waals surface area contributed by atoms with Crippen molar-refractivity contribution in [3.63, 3.8) is 0 Å². The Morgan fingerprint density at radius 3 is 3.04 bits per heavy atom. The van der Waals surface area contributed by atoms with Crippen LogP contribution in [-0.2, 0) is 4.79 Å². The third-order valence-corrected chi connectivity index (χ3v) is 5.18. The normalized spacial score (nSPS) is 16.7. The summed E-state index contributed by atoms with van der Waals surface area (Å²) < 4.78 is 0.